The summed E-state index contributed by atoms with van der Waals surface area (Å²) < 4.78 is 6.55. The first-order valence-electron chi connectivity index (χ1n) is 6.89. The number of carbonyl (C=O) groups is 1. The highest BCUT2D eigenvalue weighted by Gasteiger charge is 2.28. The molecule has 2 aromatic rings. The lowest BCUT2D eigenvalue weighted by molar-refractivity contribution is -0.135. The fourth-order valence-electron chi connectivity index (χ4n) is 2.63. The van der Waals surface area contributed by atoms with Gasteiger partial charge in [-0.1, -0.05) is 22.0 Å². The van der Waals surface area contributed by atoms with Crippen molar-refractivity contribution in [3.8, 4) is 5.75 Å². The second-order valence-corrected chi connectivity index (χ2v) is 6.97. The summed E-state index contributed by atoms with van der Waals surface area (Å²) in [6, 6.07) is 9.81. The third-order valence-corrected chi connectivity index (χ3v) is 5.25. The van der Waals surface area contributed by atoms with Crippen LogP contribution in [0, 0.1) is 0 Å². The smallest absolute Gasteiger partial charge is 0.261 e. The number of rotatable bonds is 3. The first-order valence-corrected chi connectivity index (χ1v) is 8.56. The lowest BCUT2D eigenvalue weighted by Crippen LogP contribution is -2.40. The van der Waals surface area contributed by atoms with Crippen LogP contribution in [0.3, 0.4) is 0 Å². The van der Waals surface area contributed by atoms with Crippen molar-refractivity contribution < 1.29 is 9.53 Å². The van der Waals surface area contributed by atoms with Crippen molar-refractivity contribution in [3.63, 3.8) is 0 Å². The molecular formula is C16H16BrNO2S. The lowest BCUT2D eigenvalue weighted by atomic mass is 10.0. The summed E-state index contributed by atoms with van der Waals surface area (Å²) in [6.07, 6.45) is 0.944. The highest BCUT2D eigenvalue weighted by molar-refractivity contribution is 9.10. The van der Waals surface area contributed by atoms with Gasteiger partial charge in [-0.05, 0) is 48.6 Å². The molecule has 0 saturated carbocycles. The number of halogens is 1. The van der Waals surface area contributed by atoms with E-state index in [0.29, 0.717) is 5.75 Å². The Morgan fingerprint density at radius 1 is 1.48 bits per heavy atom. The molecular weight excluding hydrogens is 350 g/mol. The number of carbonyl (C=O) groups excluding carboxylic acids is 1. The van der Waals surface area contributed by atoms with Crippen LogP contribution in [-0.4, -0.2) is 24.0 Å². The molecule has 110 valence electrons. The molecule has 0 N–H and O–H groups in total. The summed E-state index contributed by atoms with van der Waals surface area (Å²) in [5.41, 5.74) is 1.28. The van der Waals surface area contributed by atoms with Crippen LogP contribution < -0.4 is 4.74 Å². The van der Waals surface area contributed by atoms with Crippen molar-refractivity contribution in [2.45, 2.75) is 19.4 Å². The van der Waals surface area contributed by atoms with Gasteiger partial charge in [0, 0.05) is 15.9 Å². The lowest BCUT2D eigenvalue weighted by Gasteiger charge is -2.33. The topological polar surface area (TPSA) is 29.5 Å². The van der Waals surface area contributed by atoms with Crippen LogP contribution >= 0.6 is 27.3 Å². The number of fused-ring (bicyclic) bond motifs is 1. The van der Waals surface area contributed by atoms with Crippen molar-refractivity contribution >= 4 is 33.2 Å². The zero-order valence-electron chi connectivity index (χ0n) is 11.7. The minimum absolute atomic E-state index is 0.0410. The quantitative estimate of drug-likeness (QED) is 0.821. The Hall–Kier alpha value is -1.33. The average Bonchev–Trinajstić information content (AvgIpc) is 2.95. The largest absolute Gasteiger partial charge is 0.484 e. The highest BCUT2D eigenvalue weighted by Crippen LogP contribution is 2.32. The number of nitrogens with zero attached hydrogens (tertiary/aromatic N) is 1. The molecule has 1 aromatic heterocycles. The van der Waals surface area contributed by atoms with Gasteiger partial charge < -0.3 is 9.64 Å². The Bertz CT molecular complexity index is 655. The Labute approximate surface area is 136 Å². The summed E-state index contributed by atoms with van der Waals surface area (Å²) in [5.74, 6) is 0.748. The molecule has 1 aliphatic heterocycles. The van der Waals surface area contributed by atoms with Crippen LogP contribution in [0.4, 0.5) is 0 Å². The molecule has 0 fully saturated rings. The molecule has 0 saturated heterocycles. The number of thiophene rings is 1. The molecule has 2 heterocycles. The van der Waals surface area contributed by atoms with Crippen molar-refractivity contribution in [2.75, 3.05) is 13.2 Å². The summed E-state index contributed by atoms with van der Waals surface area (Å²) in [4.78, 5) is 15.7. The summed E-state index contributed by atoms with van der Waals surface area (Å²) in [6.45, 7) is 2.94. The van der Waals surface area contributed by atoms with Gasteiger partial charge in [0.25, 0.3) is 5.91 Å². The molecule has 0 spiro atoms. The Balaban J connectivity index is 1.64. The number of ether oxygens (including phenoxy) is 1. The standard InChI is InChI=1S/C16H16BrNO2S/c1-11-14-6-8-21-15(14)5-7-18(11)16(19)10-20-13-4-2-3-12(17)9-13/h2-4,6,8-9,11H,5,7,10H2,1H3/t11-/m1/s1. The number of hydrogen-bond donors (Lipinski definition) is 0. The van der Waals surface area contributed by atoms with E-state index in [1.165, 1.54) is 10.4 Å². The summed E-state index contributed by atoms with van der Waals surface area (Å²) in [7, 11) is 0. The van der Waals surface area contributed by atoms with Crippen LogP contribution in [0.15, 0.2) is 40.2 Å². The van der Waals surface area contributed by atoms with E-state index >= 15 is 0 Å². The van der Waals surface area contributed by atoms with E-state index in [0.717, 1.165) is 17.4 Å². The molecule has 0 bridgehead atoms. The minimum Gasteiger partial charge on any atom is -0.484 e. The molecule has 3 rings (SSSR count). The molecule has 0 unspecified atom stereocenters. The number of benzene rings is 1. The molecule has 1 atom stereocenters. The van der Waals surface area contributed by atoms with Gasteiger partial charge in [0.05, 0.1) is 6.04 Å². The van der Waals surface area contributed by atoms with E-state index < -0.39 is 0 Å². The van der Waals surface area contributed by atoms with Crippen LogP contribution in [0.2, 0.25) is 0 Å². The zero-order valence-corrected chi connectivity index (χ0v) is 14.1. The maximum absolute atomic E-state index is 12.4. The van der Waals surface area contributed by atoms with Crippen molar-refractivity contribution in [3.05, 3.63) is 50.6 Å². The highest BCUT2D eigenvalue weighted by atomic mass is 79.9. The van der Waals surface area contributed by atoms with Crippen molar-refractivity contribution in [1.82, 2.24) is 4.90 Å². The van der Waals surface area contributed by atoms with Gasteiger partial charge in [-0.3, -0.25) is 4.79 Å². The van der Waals surface area contributed by atoms with Crippen molar-refractivity contribution in [1.29, 1.82) is 0 Å². The predicted octanol–water partition coefficient (Wildman–Crippen LogP) is 4.04. The zero-order chi connectivity index (χ0) is 14.8. The molecule has 5 heteroatoms. The molecule has 0 aliphatic carbocycles. The second kappa shape index (κ2) is 6.20. The van der Waals surface area contributed by atoms with Gasteiger partial charge in [-0.2, -0.15) is 0 Å². The van der Waals surface area contributed by atoms with Crippen LogP contribution in [-0.2, 0) is 11.2 Å². The van der Waals surface area contributed by atoms with Crippen LogP contribution in [0.1, 0.15) is 23.4 Å². The Kier molecular flexibility index (Phi) is 4.31. The average molecular weight is 366 g/mol. The predicted molar refractivity (Wildman–Crippen MR) is 87.8 cm³/mol. The molecule has 1 aromatic carbocycles. The third-order valence-electron chi connectivity index (χ3n) is 3.76. The SMILES string of the molecule is C[C@@H]1c2ccsc2CCN1C(=O)COc1cccc(Br)c1. The normalized spacial score (nSPS) is 17.4. The third kappa shape index (κ3) is 3.14. The molecule has 3 nitrogen and oxygen atoms in total. The first kappa shape index (κ1) is 14.6. The molecule has 1 aliphatic rings. The van der Waals surface area contributed by atoms with Crippen LogP contribution in [0.25, 0.3) is 0 Å². The van der Waals surface area contributed by atoms with Gasteiger partial charge in [0.1, 0.15) is 5.75 Å². The van der Waals surface area contributed by atoms with E-state index in [9.17, 15) is 4.79 Å². The van der Waals surface area contributed by atoms with Gasteiger partial charge in [-0.25, -0.2) is 0 Å². The van der Waals surface area contributed by atoms with Gasteiger partial charge in [0.15, 0.2) is 6.61 Å². The molecule has 0 radical (unpaired) electrons. The summed E-state index contributed by atoms with van der Waals surface area (Å²) >= 11 is 5.17. The number of amides is 1. The van der Waals surface area contributed by atoms with E-state index in [4.69, 9.17) is 4.74 Å². The fourth-order valence-corrected chi connectivity index (χ4v) is 3.98. The van der Waals surface area contributed by atoms with Crippen LogP contribution in [0.5, 0.6) is 5.75 Å². The van der Waals surface area contributed by atoms with E-state index in [2.05, 4.69) is 34.3 Å². The van der Waals surface area contributed by atoms with E-state index in [-0.39, 0.29) is 18.6 Å². The minimum atomic E-state index is 0.0410. The maximum atomic E-state index is 12.4. The van der Waals surface area contributed by atoms with Gasteiger partial charge >= 0.3 is 0 Å². The monoisotopic (exact) mass is 365 g/mol. The molecule has 21 heavy (non-hydrogen) atoms. The van der Waals surface area contributed by atoms with Gasteiger partial charge in [0.2, 0.25) is 0 Å². The maximum Gasteiger partial charge on any atom is 0.261 e. The second-order valence-electron chi connectivity index (χ2n) is 5.06. The Morgan fingerprint density at radius 3 is 3.14 bits per heavy atom. The van der Waals surface area contributed by atoms with E-state index in [1.54, 1.807) is 11.3 Å². The van der Waals surface area contributed by atoms with Crippen molar-refractivity contribution in [2.24, 2.45) is 0 Å². The number of hydrogen-bond acceptors (Lipinski definition) is 3. The van der Waals surface area contributed by atoms with E-state index in [1.807, 2.05) is 29.2 Å². The summed E-state index contributed by atoms with van der Waals surface area (Å²) in [5, 5.41) is 2.10. The Morgan fingerprint density at radius 2 is 2.33 bits per heavy atom. The van der Waals surface area contributed by atoms with Gasteiger partial charge in [-0.15, -0.1) is 11.3 Å². The molecule has 1 amide bonds. The fraction of sp³-hybridized carbons (Fsp3) is 0.312. The first-order chi connectivity index (χ1) is 10.1.